The monoisotopic (exact) mass is 263 g/mol. The topological polar surface area (TPSA) is 26.0 Å². The Labute approximate surface area is 116 Å². The van der Waals surface area contributed by atoms with Crippen molar-refractivity contribution in [3.8, 4) is 0 Å². The SMILES string of the molecule is Cc1cc(F)cc(C)c1C(N)C1CCCCC1(C)C. The first-order valence-corrected chi connectivity index (χ1v) is 7.35. The summed E-state index contributed by atoms with van der Waals surface area (Å²) in [6, 6.07) is 3.24. The van der Waals surface area contributed by atoms with Crippen molar-refractivity contribution < 1.29 is 4.39 Å². The lowest BCUT2D eigenvalue weighted by molar-refractivity contribution is 0.112. The highest BCUT2D eigenvalue weighted by Gasteiger charge is 2.37. The van der Waals surface area contributed by atoms with E-state index in [4.69, 9.17) is 5.73 Å². The number of aryl methyl sites for hydroxylation is 2. The van der Waals surface area contributed by atoms with Crippen LogP contribution in [0.1, 0.15) is 62.3 Å². The predicted octanol–water partition coefficient (Wildman–Crippen LogP) is 4.66. The van der Waals surface area contributed by atoms with Gasteiger partial charge in [0.05, 0.1) is 0 Å². The van der Waals surface area contributed by atoms with Gasteiger partial charge in [0.1, 0.15) is 5.82 Å². The minimum Gasteiger partial charge on any atom is -0.324 e. The minimum atomic E-state index is -0.158. The van der Waals surface area contributed by atoms with E-state index in [1.165, 1.54) is 25.7 Å². The molecule has 0 aromatic heterocycles. The van der Waals surface area contributed by atoms with Gasteiger partial charge in [0.2, 0.25) is 0 Å². The summed E-state index contributed by atoms with van der Waals surface area (Å²) >= 11 is 0. The van der Waals surface area contributed by atoms with E-state index in [9.17, 15) is 4.39 Å². The number of benzene rings is 1. The molecule has 1 aromatic carbocycles. The first-order chi connectivity index (χ1) is 8.83. The molecule has 106 valence electrons. The Morgan fingerprint density at radius 3 is 2.32 bits per heavy atom. The third-order valence-electron chi connectivity index (χ3n) is 4.92. The maximum Gasteiger partial charge on any atom is 0.123 e. The first kappa shape index (κ1) is 14.5. The van der Waals surface area contributed by atoms with Crippen LogP contribution in [0, 0.1) is 31.0 Å². The largest absolute Gasteiger partial charge is 0.324 e. The fourth-order valence-electron chi connectivity index (χ4n) is 3.84. The second-order valence-corrected chi connectivity index (χ2v) is 6.82. The van der Waals surface area contributed by atoms with Gasteiger partial charge in [0.25, 0.3) is 0 Å². The van der Waals surface area contributed by atoms with Gasteiger partial charge in [-0.15, -0.1) is 0 Å². The van der Waals surface area contributed by atoms with E-state index in [2.05, 4.69) is 13.8 Å². The highest BCUT2D eigenvalue weighted by molar-refractivity contribution is 5.37. The molecular formula is C17H26FN. The van der Waals surface area contributed by atoms with Crippen LogP contribution in [-0.4, -0.2) is 0 Å². The normalized spacial score (nSPS) is 24.2. The minimum absolute atomic E-state index is 0.0240. The summed E-state index contributed by atoms with van der Waals surface area (Å²) in [6.45, 7) is 8.60. The van der Waals surface area contributed by atoms with Crippen LogP contribution in [-0.2, 0) is 0 Å². The van der Waals surface area contributed by atoms with E-state index in [0.29, 0.717) is 5.92 Å². The molecule has 0 radical (unpaired) electrons. The molecule has 2 unspecified atom stereocenters. The Hall–Kier alpha value is -0.890. The lowest BCUT2D eigenvalue weighted by atomic mass is 9.64. The zero-order chi connectivity index (χ0) is 14.2. The molecule has 1 saturated carbocycles. The number of rotatable bonds is 2. The summed E-state index contributed by atoms with van der Waals surface area (Å²) in [5.41, 5.74) is 10.00. The van der Waals surface area contributed by atoms with Crippen LogP contribution < -0.4 is 5.73 Å². The summed E-state index contributed by atoms with van der Waals surface area (Å²) in [7, 11) is 0. The maximum atomic E-state index is 13.4. The first-order valence-electron chi connectivity index (χ1n) is 7.35. The second-order valence-electron chi connectivity index (χ2n) is 6.82. The third-order valence-corrected chi connectivity index (χ3v) is 4.92. The molecule has 2 heteroatoms. The van der Waals surface area contributed by atoms with Gasteiger partial charge in [-0.2, -0.15) is 0 Å². The van der Waals surface area contributed by atoms with Crippen molar-refractivity contribution in [2.24, 2.45) is 17.1 Å². The van der Waals surface area contributed by atoms with Gasteiger partial charge in [0, 0.05) is 6.04 Å². The van der Waals surface area contributed by atoms with Crippen LogP contribution in [0.25, 0.3) is 0 Å². The Morgan fingerprint density at radius 2 is 1.79 bits per heavy atom. The summed E-state index contributed by atoms with van der Waals surface area (Å²) in [4.78, 5) is 0. The lowest BCUT2D eigenvalue weighted by Crippen LogP contribution is -2.37. The number of hydrogen-bond acceptors (Lipinski definition) is 1. The molecule has 1 fully saturated rings. The van der Waals surface area contributed by atoms with E-state index in [0.717, 1.165) is 16.7 Å². The highest BCUT2D eigenvalue weighted by Crippen LogP contribution is 2.46. The van der Waals surface area contributed by atoms with Gasteiger partial charge < -0.3 is 5.73 Å². The van der Waals surface area contributed by atoms with Crippen molar-refractivity contribution in [3.05, 3.63) is 34.6 Å². The molecule has 19 heavy (non-hydrogen) atoms. The third kappa shape index (κ3) is 2.84. The maximum absolute atomic E-state index is 13.4. The van der Waals surface area contributed by atoms with E-state index in [1.807, 2.05) is 13.8 Å². The fraction of sp³-hybridized carbons (Fsp3) is 0.647. The molecule has 0 aliphatic heterocycles. The smallest absolute Gasteiger partial charge is 0.123 e. The van der Waals surface area contributed by atoms with Crippen LogP contribution >= 0.6 is 0 Å². The fourth-order valence-corrected chi connectivity index (χ4v) is 3.84. The van der Waals surface area contributed by atoms with Crippen LogP contribution in [0.5, 0.6) is 0 Å². The molecule has 0 bridgehead atoms. The standard InChI is InChI=1S/C17H26FN/c1-11-9-13(18)10-12(2)15(11)16(19)14-7-5-6-8-17(14,3)4/h9-10,14,16H,5-8,19H2,1-4H3. The van der Waals surface area contributed by atoms with Gasteiger partial charge in [0.15, 0.2) is 0 Å². The Bertz CT molecular complexity index is 441. The zero-order valence-corrected chi connectivity index (χ0v) is 12.6. The molecule has 2 atom stereocenters. The van der Waals surface area contributed by atoms with Crippen LogP contribution in [0.15, 0.2) is 12.1 Å². The summed E-state index contributed by atoms with van der Waals surface area (Å²) in [5.74, 6) is 0.331. The van der Waals surface area contributed by atoms with E-state index in [1.54, 1.807) is 12.1 Å². The summed E-state index contributed by atoms with van der Waals surface area (Å²) in [5, 5.41) is 0. The van der Waals surface area contributed by atoms with Crippen LogP contribution in [0.4, 0.5) is 4.39 Å². The molecule has 1 aromatic rings. The van der Waals surface area contributed by atoms with Gasteiger partial charge in [-0.3, -0.25) is 0 Å². The average molecular weight is 263 g/mol. The van der Waals surface area contributed by atoms with E-state index < -0.39 is 0 Å². The Morgan fingerprint density at radius 1 is 1.21 bits per heavy atom. The van der Waals surface area contributed by atoms with Crippen molar-refractivity contribution in [1.29, 1.82) is 0 Å². The summed E-state index contributed by atoms with van der Waals surface area (Å²) in [6.07, 6.45) is 4.99. The van der Waals surface area contributed by atoms with Crippen LogP contribution in [0.3, 0.4) is 0 Å². The molecule has 2 N–H and O–H groups in total. The lowest BCUT2D eigenvalue weighted by Gasteiger charge is -2.42. The Balaban J connectivity index is 2.36. The van der Waals surface area contributed by atoms with Gasteiger partial charge in [-0.25, -0.2) is 4.39 Å². The van der Waals surface area contributed by atoms with Crippen molar-refractivity contribution in [2.75, 3.05) is 0 Å². The molecule has 1 aliphatic carbocycles. The summed E-state index contributed by atoms with van der Waals surface area (Å²) < 4.78 is 13.4. The predicted molar refractivity (Wildman–Crippen MR) is 78.5 cm³/mol. The molecule has 0 spiro atoms. The molecule has 0 heterocycles. The number of halogens is 1. The van der Waals surface area contributed by atoms with Crippen molar-refractivity contribution >= 4 is 0 Å². The number of hydrogen-bond donors (Lipinski definition) is 1. The van der Waals surface area contributed by atoms with Crippen molar-refractivity contribution in [2.45, 2.75) is 59.4 Å². The second kappa shape index (κ2) is 5.24. The van der Waals surface area contributed by atoms with Crippen LogP contribution in [0.2, 0.25) is 0 Å². The molecule has 2 rings (SSSR count). The molecule has 0 amide bonds. The van der Waals surface area contributed by atoms with E-state index in [-0.39, 0.29) is 17.3 Å². The number of nitrogens with two attached hydrogens (primary N) is 1. The average Bonchev–Trinajstić information content (AvgIpc) is 2.26. The van der Waals surface area contributed by atoms with Gasteiger partial charge in [-0.1, -0.05) is 26.7 Å². The molecular weight excluding hydrogens is 237 g/mol. The van der Waals surface area contributed by atoms with Gasteiger partial charge in [-0.05, 0) is 66.8 Å². The molecule has 0 saturated heterocycles. The van der Waals surface area contributed by atoms with E-state index >= 15 is 0 Å². The molecule has 1 nitrogen and oxygen atoms in total. The Kier molecular flexibility index (Phi) is 4.00. The van der Waals surface area contributed by atoms with Crippen molar-refractivity contribution in [1.82, 2.24) is 0 Å². The quantitative estimate of drug-likeness (QED) is 0.825. The zero-order valence-electron chi connectivity index (χ0n) is 12.6. The highest BCUT2D eigenvalue weighted by atomic mass is 19.1. The molecule has 1 aliphatic rings. The van der Waals surface area contributed by atoms with Crippen molar-refractivity contribution in [3.63, 3.8) is 0 Å². The van der Waals surface area contributed by atoms with Gasteiger partial charge >= 0.3 is 0 Å².